The predicted octanol–water partition coefficient (Wildman–Crippen LogP) is 6.09. The van der Waals surface area contributed by atoms with Gasteiger partial charge < -0.3 is 24.2 Å². The van der Waals surface area contributed by atoms with Crippen LogP contribution in [0.1, 0.15) is 67.4 Å². The topological polar surface area (TPSA) is 85.3 Å². The number of carboxylic acids is 1. The molecule has 2 atom stereocenters. The van der Waals surface area contributed by atoms with E-state index in [-0.39, 0.29) is 25.0 Å². The molecular formula is C33H37NO6. The first-order chi connectivity index (χ1) is 19.4. The Hall–Kier alpha value is -3.84. The average molecular weight is 544 g/mol. The van der Waals surface area contributed by atoms with E-state index in [9.17, 15) is 14.7 Å². The summed E-state index contributed by atoms with van der Waals surface area (Å²) in [6, 6.07) is 23.2. The number of aliphatic carboxylic acids is 1. The summed E-state index contributed by atoms with van der Waals surface area (Å²) in [5.41, 5.74) is 2.57. The second-order valence-corrected chi connectivity index (χ2v) is 11.0. The standard InChI is InChI=1S/C33H37NO6/c1-33(20-29(35)36)19-27-25(17-18-28(38-2)31(27)39-22-23-11-5-3-6-12-23)21-34(33)32(37)30(24-13-7-4-8-14-24)40-26-15-9-10-16-26/h3-8,11-14,17-18,26,30H,9-10,15-16,19-22H2,1-2H3,(H,35,36)/t30-,33-/m1/s1. The highest BCUT2D eigenvalue weighted by Gasteiger charge is 2.45. The van der Waals surface area contributed by atoms with Crippen molar-refractivity contribution in [2.75, 3.05) is 7.11 Å². The highest BCUT2D eigenvalue weighted by molar-refractivity contribution is 5.84. The summed E-state index contributed by atoms with van der Waals surface area (Å²) in [5, 5.41) is 9.96. The van der Waals surface area contributed by atoms with Gasteiger partial charge in [-0.1, -0.05) is 79.6 Å². The van der Waals surface area contributed by atoms with Gasteiger partial charge in [0.05, 0.1) is 25.2 Å². The van der Waals surface area contributed by atoms with E-state index in [1.807, 2.05) is 79.7 Å². The van der Waals surface area contributed by atoms with Gasteiger partial charge >= 0.3 is 5.97 Å². The zero-order valence-corrected chi connectivity index (χ0v) is 23.2. The van der Waals surface area contributed by atoms with Crippen molar-refractivity contribution in [2.24, 2.45) is 0 Å². The summed E-state index contributed by atoms with van der Waals surface area (Å²) in [6.07, 6.45) is 3.33. The number of nitrogens with zero attached hydrogens (tertiary/aromatic N) is 1. The largest absolute Gasteiger partial charge is 0.493 e. The number of methoxy groups -OCH3 is 1. The van der Waals surface area contributed by atoms with Gasteiger partial charge in [0.1, 0.15) is 6.61 Å². The minimum atomic E-state index is -1.00. The maximum absolute atomic E-state index is 14.4. The number of carbonyl (C=O) groups excluding carboxylic acids is 1. The van der Waals surface area contributed by atoms with E-state index in [2.05, 4.69) is 0 Å². The summed E-state index contributed by atoms with van der Waals surface area (Å²) in [6.45, 7) is 2.44. The van der Waals surface area contributed by atoms with Crippen LogP contribution in [0.5, 0.6) is 11.5 Å². The van der Waals surface area contributed by atoms with Crippen molar-refractivity contribution < 1.29 is 28.9 Å². The zero-order chi connectivity index (χ0) is 28.1. The lowest BCUT2D eigenvalue weighted by Crippen LogP contribution is -2.56. The Morgan fingerprint density at radius 3 is 2.33 bits per heavy atom. The number of hydrogen-bond acceptors (Lipinski definition) is 5. The second kappa shape index (κ2) is 12.1. The Morgan fingerprint density at radius 2 is 1.68 bits per heavy atom. The molecule has 1 saturated carbocycles. The van der Waals surface area contributed by atoms with Crippen molar-refractivity contribution in [1.29, 1.82) is 0 Å². The van der Waals surface area contributed by atoms with Gasteiger partial charge in [0, 0.05) is 18.5 Å². The van der Waals surface area contributed by atoms with Gasteiger partial charge in [-0.3, -0.25) is 9.59 Å². The molecule has 210 valence electrons. The molecule has 1 amide bonds. The first-order valence-electron chi connectivity index (χ1n) is 14.0. The summed E-state index contributed by atoms with van der Waals surface area (Å²) in [5.74, 6) is -0.00492. The molecule has 7 nitrogen and oxygen atoms in total. The van der Waals surface area contributed by atoms with Crippen LogP contribution < -0.4 is 9.47 Å². The minimum absolute atomic E-state index is 0.0132. The van der Waals surface area contributed by atoms with E-state index in [0.29, 0.717) is 24.5 Å². The third-order valence-electron chi connectivity index (χ3n) is 8.06. The number of ether oxygens (including phenoxy) is 3. The van der Waals surface area contributed by atoms with E-state index >= 15 is 0 Å². The van der Waals surface area contributed by atoms with Gasteiger partial charge in [-0.05, 0) is 42.5 Å². The molecule has 1 fully saturated rings. The van der Waals surface area contributed by atoms with Crippen molar-refractivity contribution >= 4 is 11.9 Å². The third-order valence-corrected chi connectivity index (χ3v) is 8.06. The van der Waals surface area contributed by atoms with Gasteiger partial charge in [-0.25, -0.2) is 0 Å². The molecule has 1 N–H and O–H groups in total. The molecule has 0 radical (unpaired) electrons. The summed E-state index contributed by atoms with van der Waals surface area (Å²) in [4.78, 5) is 28.2. The van der Waals surface area contributed by atoms with Crippen LogP contribution in [0.25, 0.3) is 0 Å². The molecule has 1 aliphatic heterocycles. The van der Waals surface area contributed by atoms with Crippen LogP contribution in [-0.2, 0) is 33.9 Å². The third kappa shape index (κ3) is 5.99. The zero-order valence-electron chi connectivity index (χ0n) is 23.2. The molecular weight excluding hydrogens is 506 g/mol. The predicted molar refractivity (Wildman–Crippen MR) is 151 cm³/mol. The van der Waals surface area contributed by atoms with E-state index < -0.39 is 17.6 Å². The SMILES string of the molecule is COc1ccc2c(c1OCc1ccccc1)C[C@](C)(CC(=O)O)N(C(=O)[C@H](OC1CCCC1)c1ccccc1)C2. The number of amides is 1. The van der Waals surface area contributed by atoms with Crippen LogP contribution in [0.3, 0.4) is 0 Å². The molecule has 1 aliphatic carbocycles. The Morgan fingerprint density at radius 1 is 1.00 bits per heavy atom. The fourth-order valence-electron chi connectivity index (χ4n) is 5.97. The second-order valence-electron chi connectivity index (χ2n) is 11.0. The molecule has 3 aromatic carbocycles. The maximum atomic E-state index is 14.4. The van der Waals surface area contributed by atoms with Crippen molar-refractivity contribution in [3.8, 4) is 11.5 Å². The first kappa shape index (κ1) is 27.7. The molecule has 0 saturated heterocycles. The fourth-order valence-corrected chi connectivity index (χ4v) is 5.97. The monoisotopic (exact) mass is 543 g/mol. The molecule has 3 aromatic rings. The smallest absolute Gasteiger partial charge is 0.305 e. The van der Waals surface area contributed by atoms with Gasteiger partial charge in [-0.15, -0.1) is 0 Å². The Balaban J connectivity index is 1.51. The van der Waals surface area contributed by atoms with Crippen LogP contribution in [0.4, 0.5) is 0 Å². The summed E-state index contributed by atoms with van der Waals surface area (Å²) < 4.78 is 18.4. The highest BCUT2D eigenvalue weighted by Crippen LogP contribution is 2.44. The van der Waals surface area contributed by atoms with Gasteiger partial charge in [0.2, 0.25) is 0 Å². The fraction of sp³-hybridized carbons (Fsp3) is 0.394. The maximum Gasteiger partial charge on any atom is 0.305 e. The summed E-state index contributed by atoms with van der Waals surface area (Å²) in [7, 11) is 1.59. The molecule has 1 heterocycles. The molecule has 5 rings (SSSR count). The molecule has 40 heavy (non-hydrogen) atoms. The summed E-state index contributed by atoms with van der Waals surface area (Å²) >= 11 is 0. The van der Waals surface area contributed by atoms with E-state index in [0.717, 1.165) is 47.9 Å². The molecule has 0 spiro atoms. The van der Waals surface area contributed by atoms with E-state index in [1.165, 1.54) is 0 Å². The Labute approximate surface area is 235 Å². The lowest BCUT2D eigenvalue weighted by molar-refractivity contribution is -0.158. The lowest BCUT2D eigenvalue weighted by Gasteiger charge is -2.46. The molecule has 0 aromatic heterocycles. The lowest BCUT2D eigenvalue weighted by atomic mass is 9.80. The number of carbonyl (C=O) groups is 2. The van der Waals surface area contributed by atoms with Gasteiger partial charge in [0.15, 0.2) is 17.6 Å². The quantitative estimate of drug-likeness (QED) is 0.333. The van der Waals surface area contributed by atoms with Crippen molar-refractivity contribution in [2.45, 2.75) is 76.3 Å². The minimum Gasteiger partial charge on any atom is -0.493 e. The molecule has 7 heteroatoms. The van der Waals surface area contributed by atoms with Gasteiger partial charge in [-0.2, -0.15) is 0 Å². The van der Waals surface area contributed by atoms with Crippen molar-refractivity contribution in [3.05, 3.63) is 95.1 Å². The van der Waals surface area contributed by atoms with Gasteiger partial charge in [0.25, 0.3) is 5.91 Å². The number of fused-ring (bicyclic) bond motifs is 1. The molecule has 0 bridgehead atoms. The number of benzene rings is 3. The van der Waals surface area contributed by atoms with Crippen LogP contribution in [-0.4, -0.2) is 40.6 Å². The average Bonchev–Trinajstić information content (AvgIpc) is 3.48. The Kier molecular flexibility index (Phi) is 8.40. The van der Waals surface area contributed by atoms with Crippen LogP contribution in [0, 0.1) is 0 Å². The normalized spacial score (nSPS) is 19.6. The van der Waals surface area contributed by atoms with E-state index in [1.54, 1.807) is 12.0 Å². The number of hydrogen-bond donors (Lipinski definition) is 1. The number of carboxylic acid groups (broad SMARTS) is 1. The molecule has 0 unspecified atom stereocenters. The van der Waals surface area contributed by atoms with E-state index in [4.69, 9.17) is 14.2 Å². The Bertz CT molecular complexity index is 1320. The first-order valence-corrected chi connectivity index (χ1v) is 14.0. The van der Waals surface area contributed by atoms with Crippen molar-refractivity contribution in [3.63, 3.8) is 0 Å². The van der Waals surface area contributed by atoms with Crippen molar-refractivity contribution in [1.82, 2.24) is 4.90 Å². The molecule has 2 aliphatic rings. The van der Waals surface area contributed by atoms with Crippen LogP contribution in [0.15, 0.2) is 72.8 Å². The highest BCUT2D eigenvalue weighted by atomic mass is 16.5. The number of rotatable bonds is 10. The van der Waals surface area contributed by atoms with Crippen LogP contribution >= 0.6 is 0 Å². The van der Waals surface area contributed by atoms with Crippen LogP contribution in [0.2, 0.25) is 0 Å².